The van der Waals surface area contributed by atoms with Crippen LogP contribution in [0.2, 0.25) is 0 Å². The number of imidazole rings is 1. The van der Waals surface area contributed by atoms with E-state index in [2.05, 4.69) is 22.7 Å². The third-order valence-electron chi connectivity index (χ3n) is 4.28. The summed E-state index contributed by atoms with van der Waals surface area (Å²) >= 11 is 8.11. The number of pyridine rings is 1. The van der Waals surface area contributed by atoms with Crippen molar-refractivity contribution in [3.8, 4) is 0 Å². The summed E-state index contributed by atoms with van der Waals surface area (Å²) in [5.74, 6) is 1.42. The second-order valence-electron chi connectivity index (χ2n) is 5.46. The SMILES string of the molecule is CSC1CCCCC1n1c(CCl)nc2c(C)ccnc21. The van der Waals surface area contributed by atoms with Gasteiger partial charge in [0.05, 0.1) is 5.88 Å². The molecule has 0 aromatic carbocycles. The van der Waals surface area contributed by atoms with Crippen LogP contribution in [-0.2, 0) is 5.88 Å². The number of aryl methyl sites for hydroxylation is 1. The molecule has 1 aliphatic carbocycles. The highest BCUT2D eigenvalue weighted by Crippen LogP contribution is 2.38. The minimum absolute atomic E-state index is 0.452. The number of hydrogen-bond donors (Lipinski definition) is 0. The normalized spacial score (nSPS) is 23.4. The zero-order chi connectivity index (χ0) is 14.1. The molecule has 2 atom stereocenters. The van der Waals surface area contributed by atoms with Gasteiger partial charge in [-0.1, -0.05) is 12.8 Å². The van der Waals surface area contributed by atoms with E-state index in [1.807, 2.05) is 24.0 Å². The molecule has 1 aliphatic rings. The first-order chi connectivity index (χ1) is 9.76. The van der Waals surface area contributed by atoms with Gasteiger partial charge >= 0.3 is 0 Å². The van der Waals surface area contributed by atoms with Crippen molar-refractivity contribution >= 4 is 34.5 Å². The highest BCUT2D eigenvalue weighted by molar-refractivity contribution is 7.99. The van der Waals surface area contributed by atoms with Crippen molar-refractivity contribution < 1.29 is 0 Å². The molecule has 1 saturated carbocycles. The molecular formula is C15H20ClN3S. The van der Waals surface area contributed by atoms with Gasteiger partial charge in [0.15, 0.2) is 5.65 Å². The Labute approximate surface area is 129 Å². The number of aromatic nitrogens is 3. The average molecular weight is 310 g/mol. The van der Waals surface area contributed by atoms with Crippen LogP contribution >= 0.6 is 23.4 Å². The average Bonchev–Trinajstić information content (AvgIpc) is 2.87. The largest absolute Gasteiger partial charge is 0.307 e. The summed E-state index contributed by atoms with van der Waals surface area (Å²) in [4.78, 5) is 9.32. The molecule has 0 radical (unpaired) electrons. The lowest BCUT2D eigenvalue weighted by Crippen LogP contribution is -2.26. The van der Waals surface area contributed by atoms with E-state index in [1.165, 1.54) is 31.2 Å². The van der Waals surface area contributed by atoms with Crippen LogP contribution in [0.25, 0.3) is 11.2 Å². The Morgan fingerprint density at radius 1 is 1.40 bits per heavy atom. The van der Waals surface area contributed by atoms with Crippen molar-refractivity contribution in [1.82, 2.24) is 14.5 Å². The van der Waals surface area contributed by atoms with Gasteiger partial charge in [-0.05, 0) is 37.7 Å². The van der Waals surface area contributed by atoms with Gasteiger partial charge < -0.3 is 4.57 Å². The Morgan fingerprint density at radius 2 is 2.20 bits per heavy atom. The summed E-state index contributed by atoms with van der Waals surface area (Å²) in [6.45, 7) is 2.09. The van der Waals surface area contributed by atoms with E-state index in [9.17, 15) is 0 Å². The van der Waals surface area contributed by atoms with Gasteiger partial charge in [-0.25, -0.2) is 9.97 Å². The zero-order valence-electron chi connectivity index (χ0n) is 12.0. The van der Waals surface area contributed by atoms with Gasteiger partial charge in [-0.2, -0.15) is 11.8 Å². The van der Waals surface area contributed by atoms with Crippen molar-refractivity contribution in [3.05, 3.63) is 23.7 Å². The predicted molar refractivity (Wildman–Crippen MR) is 86.6 cm³/mol. The molecule has 2 aromatic rings. The van der Waals surface area contributed by atoms with Crippen LogP contribution in [0.15, 0.2) is 12.3 Å². The number of nitrogens with zero attached hydrogens (tertiary/aromatic N) is 3. The molecule has 2 unspecified atom stereocenters. The number of hydrogen-bond acceptors (Lipinski definition) is 3. The van der Waals surface area contributed by atoms with Gasteiger partial charge in [-0.15, -0.1) is 11.6 Å². The molecule has 5 heteroatoms. The molecule has 1 fully saturated rings. The number of halogens is 1. The van der Waals surface area contributed by atoms with E-state index < -0.39 is 0 Å². The smallest absolute Gasteiger partial charge is 0.160 e. The van der Waals surface area contributed by atoms with Gasteiger partial charge in [0.1, 0.15) is 11.3 Å². The molecule has 0 N–H and O–H groups in total. The predicted octanol–water partition coefficient (Wildman–Crippen LogP) is 4.33. The topological polar surface area (TPSA) is 30.7 Å². The summed E-state index contributed by atoms with van der Waals surface area (Å²) in [6, 6.07) is 2.50. The molecule has 2 aromatic heterocycles. The molecule has 0 bridgehead atoms. The van der Waals surface area contributed by atoms with Crippen LogP contribution in [-0.4, -0.2) is 26.0 Å². The van der Waals surface area contributed by atoms with Crippen LogP contribution in [0.1, 0.15) is 43.1 Å². The Hall–Kier alpha value is -0.740. The minimum Gasteiger partial charge on any atom is -0.307 e. The van der Waals surface area contributed by atoms with Crippen molar-refractivity contribution in [3.63, 3.8) is 0 Å². The fourth-order valence-electron chi connectivity index (χ4n) is 3.25. The van der Waals surface area contributed by atoms with E-state index >= 15 is 0 Å². The Balaban J connectivity index is 2.15. The third-order valence-corrected chi connectivity index (χ3v) is 5.67. The standard InChI is InChI=1S/C15H20ClN3S/c1-10-7-8-17-15-14(10)18-13(9-16)19(15)11-5-3-4-6-12(11)20-2/h7-8,11-12H,3-6,9H2,1-2H3. The Kier molecular flexibility index (Phi) is 4.22. The van der Waals surface area contributed by atoms with Crippen molar-refractivity contribution in [1.29, 1.82) is 0 Å². The zero-order valence-corrected chi connectivity index (χ0v) is 13.5. The molecule has 20 heavy (non-hydrogen) atoms. The summed E-state index contributed by atoms with van der Waals surface area (Å²) in [7, 11) is 0. The van der Waals surface area contributed by atoms with E-state index in [0.717, 1.165) is 17.0 Å². The van der Waals surface area contributed by atoms with E-state index in [4.69, 9.17) is 16.6 Å². The first-order valence-electron chi connectivity index (χ1n) is 7.17. The Bertz CT molecular complexity index is 610. The highest BCUT2D eigenvalue weighted by Gasteiger charge is 2.29. The highest BCUT2D eigenvalue weighted by atomic mass is 35.5. The van der Waals surface area contributed by atoms with Gasteiger partial charge in [0, 0.05) is 17.5 Å². The van der Waals surface area contributed by atoms with E-state index in [1.54, 1.807) is 0 Å². The quantitative estimate of drug-likeness (QED) is 0.791. The van der Waals surface area contributed by atoms with E-state index in [0.29, 0.717) is 17.2 Å². The monoisotopic (exact) mass is 309 g/mol. The van der Waals surface area contributed by atoms with E-state index in [-0.39, 0.29) is 0 Å². The summed E-state index contributed by atoms with van der Waals surface area (Å²) in [5, 5.41) is 0.644. The number of rotatable bonds is 3. The van der Waals surface area contributed by atoms with Crippen molar-refractivity contribution in [2.75, 3.05) is 6.26 Å². The maximum atomic E-state index is 6.15. The summed E-state index contributed by atoms with van der Waals surface area (Å²) in [5.41, 5.74) is 3.19. The molecule has 108 valence electrons. The lowest BCUT2D eigenvalue weighted by atomic mass is 9.94. The number of alkyl halides is 1. The maximum Gasteiger partial charge on any atom is 0.160 e. The molecule has 0 aliphatic heterocycles. The molecule has 2 heterocycles. The fraction of sp³-hybridized carbons (Fsp3) is 0.600. The van der Waals surface area contributed by atoms with Gasteiger partial charge in [0.25, 0.3) is 0 Å². The van der Waals surface area contributed by atoms with Gasteiger partial charge in [0.2, 0.25) is 0 Å². The molecule has 3 rings (SSSR count). The molecule has 3 nitrogen and oxygen atoms in total. The fourth-order valence-corrected chi connectivity index (χ4v) is 4.41. The van der Waals surface area contributed by atoms with Crippen LogP contribution in [0.4, 0.5) is 0 Å². The molecule has 0 amide bonds. The second-order valence-corrected chi connectivity index (χ2v) is 6.80. The summed E-state index contributed by atoms with van der Waals surface area (Å²) in [6.07, 6.45) is 9.19. The van der Waals surface area contributed by atoms with Crippen molar-refractivity contribution in [2.45, 2.75) is 49.8 Å². The Morgan fingerprint density at radius 3 is 2.95 bits per heavy atom. The summed E-state index contributed by atoms with van der Waals surface area (Å²) < 4.78 is 2.32. The maximum absolute atomic E-state index is 6.15. The number of thioether (sulfide) groups is 1. The van der Waals surface area contributed by atoms with Gasteiger partial charge in [-0.3, -0.25) is 0 Å². The molecule has 0 spiro atoms. The molecular weight excluding hydrogens is 290 g/mol. The minimum atomic E-state index is 0.452. The lowest BCUT2D eigenvalue weighted by Gasteiger charge is -2.32. The first-order valence-corrected chi connectivity index (χ1v) is 8.99. The lowest BCUT2D eigenvalue weighted by molar-refractivity contribution is 0.364. The van der Waals surface area contributed by atoms with Crippen LogP contribution in [0.3, 0.4) is 0 Å². The van der Waals surface area contributed by atoms with Crippen LogP contribution < -0.4 is 0 Å². The third kappa shape index (κ3) is 2.33. The van der Waals surface area contributed by atoms with Crippen LogP contribution in [0.5, 0.6) is 0 Å². The first kappa shape index (κ1) is 14.2. The van der Waals surface area contributed by atoms with Crippen LogP contribution in [0, 0.1) is 6.92 Å². The van der Waals surface area contributed by atoms with Crippen molar-refractivity contribution in [2.24, 2.45) is 0 Å². The second kappa shape index (κ2) is 5.94. The number of fused-ring (bicyclic) bond motifs is 1. The molecule has 0 saturated heterocycles.